The highest BCUT2D eigenvalue weighted by molar-refractivity contribution is 5.94. The fourth-order valence-corrected chi connectivity index (χ4v) is 4.14. The topological polar surface area (TPSA) is 54.0 Å². The first-order chi connectivity index (χ1) is 12.8. The monoisotopic (exact) mass is 359 g/mol. The molecule has 1 amide bonds. The van der Waals surface area contributed by atoms with Crippen LogP contribution in [-0.2, 0) is 4.74 Å². The first kappa shape index (κ1) is 17.8. The second kappa shape index (κ2) is 8.37. The van der Waals surface area contributed by atoms with E-state index in [1.807, 2.05) is 29.2 Å². The quantitative estimate of drug-likeness (QED) is 0.860. The van der Waals surface area contributed by atoms with E-state index >= 15 is 0 Å². The molecule has 3 fully saturated rings. The highest BCUT2D eigenvalue weighted by atomic mass is 16.5. The Kier molecular flexibility index (Phi) is 5.72. The molecule has 0 radical (unpaired) electrons. The maximum atomic E-state index is 12.9. The zero-order valence-corrected chi connectivity index (χ0v) is 15.4. The number of carbonyl (C=O) groups is 1. The molecule has 1 aromatic carbocycles. The molecule has 2 atom stereocenters. The smallest absolute Gasteiger partial charge is 0.254 e. The lowest BCUT2D eigenvalue weighted by Crippen LogP contribution is -2.49. The van der Waals surface area contributed by atoms with Gasteiger partial charge in [0.2, 0.25) is 0 Å². The van der Waals surface area contributed by atoms with Crippen molar-refractivity contribution in [1.82, 2.24) is 15.1 Å². The van der Waals surface area contributed by atoms with Crippen LogP contribution in [0, 0.1) is 0 Å². The summed E-state index contributed by atoms with van der Waals surface area (Å²) in [5.74, 6) is 0.870. The van der Waals surface area contributed by atoms with E-state index in [0.29, 0.717) is 12.6 Å². The fourth-order valence-electron chi connectivity index (χ4n) is 4.14. The Labute approximate surface area is 155 Å². The molecule has 4 rings (SSSR count). The van der Waals surface area contributed by atoms with E-state index in [1.165, 1.54) is 0 Å². The van der Waals surface area contributed by atoms with Gasteiger partial charge >= 0.3 is 0 Å². The molecule has 0 spiro atoms. The Morgan fingerprint density at radius 1 is 1.23 bits per heavy atom. The zero-order chi connectivity index (χ0) is 17.8. The minimum Gasteiger partial charge on any atom is -0.491 e. The van der Waals surface area contributed by atoms with Gasteiger partial charge in [0.1, 0.15) is 12.4 Å². The molecule has 1 N–H and O–H groups in total. The fraction of sp³-hybridized carbons (Fsp3) is 0.650. The number of amides is 1. The van der Waals surface area contributed by atoms with E-state index in [-0.39, 0.29) is 12.0 Å². The predicted molar refractivity (Wildman–Crippen MR) is 99.7 cm³/mol. The number of nitrogens with one attached hydrogen (secondary N) is 1. The van der Waals surface area contributed by atoms with Crippen LogP contribution in [-0.4, -0.2) is 80.3 Å². The highest BCUT2D eigenvalue weighted by Crippen LogP contribution is 2.21. The third kappa shape index (κ3) is 4.19. The van der Waals surface area contributed by atoms with Crippen LogP contribution in [0.5, 0.6) is 5.75 Å². The van der Waals surface area contributed by atoms with Crippen LogP contribution in [0.15, 0.2) is 24.3 Å². The average Bonchev–Trinajstić information content (AvgIpc) is 3.39. The van der Waals surface area contributed by atoms with Crippen LogP contribution in [0.3, 0.4) is 0 Å². The van der Waals surface area contributed by atoms with Gasteiger partial charge in [-0.2, -0.15) is 0 Å². The molecule has 142 valence electrons. The molecule has 3 heterocycles. The van der Waals surface area contributed by atoms with Crippen LogP contribution < -0.4 is 10.1 Å². The number of rotatable bonds is 5. The molecular formula is C20H29N3O3. The number of carbonyl (C=O) groups excluding carboxylic acids is 1. The molecule has 1 aromatic rings. The van der Waals surface area contributed by atoms with Crippen molar-refractivity contribution in [3.05, 3.63) is 29.8 Å². The summed E-state index contributed by atoms with van der Waals surface area (Å²) >= 11 is 0. The number of hydrogen-bond acceptors (Lipinski definition) is 5. The van der Waals surface area contributed by atoms with E-state index in [9.17, 15) is 4.79 Å². The first-order valence-electron chi connectivity index (χ1n) is 9.88. The molecule has 0 aliphatic carbocycles. The van der Waals surface area contributed by atoms with Crippen LogP contribution >= 0.6 is 0 Å². The van der Waals surface area contributed by atoms with Crippen molar-refractivity contribution in [2.45, 2.75) is 31.4 Å². The molecule has 6 heteroatoms. The Morgan fingerprint density at radius 2 is 2.12 bits per heavy atom. The summed E-state index contributed by atoms with van der Waals surface area (Å²) in [7, 11) is 0. The van der Waals surface area contributed by atoms with Gasteiger partial charge in [-0.25, -0.2) is 0 Å². The number of likely N-dealkylation sites (tertiary alicyclic amines) is 1. The zero-order valence-electron chi connectivity index (χ0n) is 15.4. The average molecular weight is 359 g/mol. The summed E-state index contributed by atoms with van der Waals surface area (Å²) in [5.41, 5.74) is 0.718. The second-order valence-electron chi connectivity index (χ2n) is 7.45. The molecule has 2 unspecified atom stereocenters. The Balaban J connectivity index is 1.33. The van der Waals surface area contributed by atoms with Crippen molar-refractivity contribution in [3.63, 3.8) is 0 Å². The van der Waals surface area contributed by atoms with Gasteiger partial charge in [0, 0.05) is 57.5 Å². The molecule has 6 nitrogen and oxygen atoms in total. The highest BCUT2D eigenvalue weighted by Gasteiger charge is 2.31. The van der Waals surface area contributed by atoms with Crippen LogP contribution in [0.2, 0.25) is 0 Å². The summed E-state index contributed by atoms with van der Waals surface area (Å²) in [6, 6.07) is 8.08. The lowest BCUT2D eigenvalue weighted by atomic mass is 10.2. The second-order valence-corrected chi connectivity index (χ2v) is 7.45. The van der Waals surface area contributed by atoms with Gasteiger partial charge in [-0.15, -0.1) is 0 Å². The Bertz CT molecular complexity index is 612. The minimum absolute atomic E-state index is 0.116. The van der Waals surface area contributed by atoms with E-state index in [1.54, 1.807) is 0 Å². The third-order valence-electron chi connectivity index (χ3n) is 5.66. The summed E-state index contributed by atoms with van der Waals surface area (Å²) < 4.78 is 11.4. The lowest BCUT2D eigenvalue weighted by Gasteiger charge is -2.32. The minimum atomic E-state index is 0.116. The van der Waals surface area contributed by atoms with Gasteiger partial charge in [-0.05, 0) is 37.5 Å². The number of piperazine rings is 1. The standard InChI is InChI=1S/C20H29N3O3/c24-20(23-9-6-17(14-23)22-10-7-21-8-11-22)16-3-1-4-18(13-16)26-15-19-5-2-12-25-19/h1,3-4,13,17,19,21H,2,5-12,14-15H2. The van der Waals surface area contributed by atoms with Crippen LogP contribution in [0.25, 0.3) is 0 Å². The molecule has 0 bridgehead atoms. The van der Waals surface area contributed by atoms with Gasteiger partial charge in [-0.3, -0.25) is 9.69 Å². The van der Waals surface area contributed by atoms with Gasteiger partial charge in [-0.1, -0.05) is 6.07 Å². The lowest BCUT2D eigenvalue weighted by molar-refractivity contribution is 0.0678. The van der Waals surface area contributed by atoms with Gasteiger partial charge in [0.05, 0.1) is 6.10 Å². The van der Waals surface area contributed by atoms with Crippen molar-refractivity contribution in [1.29, 1.82) is 0 Å². The van der Waals surface area contributed by atoms with E-state index < -0.39 is 0 Å². The number of benzene rings is 1. The normalized spacial score (nSPS) is 27.0. The molecule has 0 aromatic heterocycles. The Hall–Kier alpha value is -1.63. The first-order valence-corrected chi connectivity index (χ1v) is 9.88. The van der Waals surface area contributed by atoms with E-state index in [2.05, 4.69) is 10.2 Å². The van der Waals surface area contributed by atoms with Crippen molar-refractivity contribution in [2.24, 2.45) is 0 Å². The summed E-state index contributed by atoms with van der Waals surface area (Å²) in [5, 5.41) is 3.39. The maximum absolute atomic E-state index is 12.9. The molecule has 26 heavy (non-hydrogen) atoms. The third-order valence-corrected chi connectivity index (χ3v) is 5.66. The largest absolute Gasteiger partial charge is 0.491 e. The predicted octanol–water partition coefficient (Wildman–Crippen LogP) is 1.36. The number of ether oxygens (including phenoxy) is 2. The molecule has 3 aliphatic heterocycles. The molecular weight excluding hydrogens is 330 g/mol. The molecule has 3 aliphatic rings. The van der Waals surface area contributed by atoms with Crippen molar-refractivity contribution < 1.29 is 14.3 Å². The number of nitrogens with zero attached hydrogens (tertiary/aromatic N) is 2. The van der Waals surface area contributed by atoms with Crippen LogP contribution in [0.1, 0.15) is 29.6 Å². The van der Waals surface area contributed by atoms with Crippen molar-refractivity contribution in [2.75, 3.05) is 52.5 Å². The summed E-state index contributed by atoms with van der Waals surface area (Å²) in [4.78, 5) is 17.4. The SMILES string of the molecule is O=C(c1cccc(OCC2CCCO2)c1)N1CCC(N2CCNCC2)C1. The van der Waals surface area contributed by atoms with Crippen LogP contribution in [0.4, 0.5) is 0 Å². The van der Waals surface area contributed by atoms with E-state index in [4.69, 9.17) is 9.47 Å². The summed E-state index contributed by atoms with van der Waals surface area (Å²) in [6.45, 7) is 7.33. The number of hydrogen-bond donors (Lipinski definition) is 1. The van der Waals surface area contributed by atoms with Gasteiger partial charge in [0.15, 0.2) is 0 Å². The van der Waals surface area contributed by atoms with Gasteiger partial charge in [0.25, 0.3) is 5.91 Å². The van der Waals surface area contributed by atoms with Crippen molar-refractivity contribution >= 4 is 5.91 Å². The Morgan fingerprint density at radius 3 is 2.92 bits per heavy atom. The maximum Gasteiger partial charge on any atom is 0.254 e. The molecule has 3 saturated heterocycles. The molecule has 0 saturated carbocycles. The van der Waals surface area contributed by atoms with E-state index in [0.717, 1.165) is 76.5 Å². The summed E-state index contributed by atoms with van der Waals surface area (Å²) in [6.07, 6.45) is 3.42. The van der Waals surface area contributed by atoms with Crippen molar-refractivity contribution in [3.8, 4) is 5.75 Å². The van der Waals surface area contributed by atoms with Gasteiger partial charge < -0.3 is 19.7 Å².